The molecule has 0 aliphatic rings. The third kappa shape index (κ3) is 1.76. The number of H-pyrrole nitrogens is 1. The molecule has 2 rings (SSSR count). The Balaban J connectivity index is 2.57. The molecule has 76 valence electrons. The van der Waals surface area contributed by atoms with E-state index in [2.05, 4.69) is 10.3 Å². The molecule has 2 aromatic rings. The van der Waals surface area contributed by atoms with Gasteiger partial charge >= 0.3 is 0 Å². The lowest BCUT2D eigenvalue weighted by molar-refractivity contribution is -0.655. The summed E-state index contributed by atoms with van der Waals surface area (Å²) in [6, 6.07) is 5.73. The zero-order valence-corrected chi connectivity index (χ0v) is 8.07. The number of aromatic nitrogens is 2. The molecule has 0 radical (unpaired) electrons. The first-order valence-electron chi connectivity index (χ1n) is 4.41. The largest absolute Gasteiger partial charge is 0.264 e. The normalized spacial score (nSPS) is 10.3. The number of aryl methyl sites for hydroxylation is 1. The van der Waals surface area contributed by atoms with Crippen molar-refractivity contribution < 1.29 is 9.07 Å². The minimum absolute atomic E-state index is 0.0712. The monoisotopic (exact) mass is 206 g/mol. The Kier molecular flexibility index (Phi) is 2.29. The second-order valence-electron chi connectivity index (χ2n) is 3.20. The van der Waals surface area contributed by atoms with Crippen molar-refractivity contribution in [2.24, 2.45) is 5.18 Å². The number of aromatic amines is 1. The van der Waals surface area contributed by atoms with Crippen molar-refractivity contribution in [3.05, 3.63) is 46.9 Å². The van der Waals surface area contributed by atoms with Crippen LogP contribution in [0.25, 0.3) is 5.69 Å². The van der Waals surface area contributed by atoms with Crippen molar-refractivity contribution >= 4 is 5.69 Å². The highest BCUT2D eigenvalue weighted by molar-refractivity contribution is 5.51. The van der Waals surface area contributed by atoms with E-state index in [0.29, 0.717) is 5.69 Å². The lowest BCUT2D eigenvalue weighted by atomic mass is 10.2. The standard InChI is InChI=1S/C10H8FN3O/c1-7-4-5-14(12-7)10-3-2-8(11)6-9(10)13-15/h2-6H,1H3/p+1. The highest BCUT2D eigenvalue weighted by Crippen LogP contribution is 2.19. The topological polar surface area (TPSA) is 49.1 Å². The van der Waals surface area contributed by atoms with Crippen molar-refractivity contribution in [1.82, 2.24) is 5.10 Å². The number of hydrogen-bond donors (Lipinski definition) is 1. The second-order valence-corrected chi connectivity index (χ2v) is 3.20. The lowest BCUT2D eigenvalue weighted by Gasteiger charge is -1.94. The van der Waals surface area contributed by atoms with Crippen LogP contribution >= 0.6 is 0 Å². The van der Waals surface area contributed by atoms with E-state index in [1.165, 1.54) is 12.1 Å². The summed E-state index contributed by atoms with van der Waals surface area (Å²) in [4.78, 5) is 10.5. The van der Waals surface area contributed by atoms with Gasteiger partial charge in [0.15, 0.2) is 5.69 Å². The molecule has 5 heteroatoms. The van der Waals surface area contributed by atoms with Gasteiger partial charge in [-0.15, -0.1) is 4.91 Å². The van der Waals surface area contributed by atoms with E-state index >= 15 is 0 Å². The summed E-state index contributed by atoms with van der Waals surface area (Å²) in [5.74, 6) is -0.475. The molecule has 0 fully saturated rings. The maximum absolute atomic E-state index is 12.8. The van der Waals surface area contributed by atoms with E-state index < -0.39 is 5.82 Å². The van der Waals surface area contributed by atoms with Gasteiger partial charge in [0.25, 0.3) is 5.69 Å². The molecule has 0 saturated carbocycles. The number of benzene rings is 1. The SMILES string of the molecule is Cc1cc[n+](-c2ccc(F)cc2N=O)[nH]1. The van der Waals surface area contributed by atoms with Gasteiger partial charge in [-0.1, -0.05) is 4.68 Å². The van der Waals surface area contributed by atoms with E-state index in [1.807, 2.05) is 13.0 Å². The van der Waals surface area contributed by atoms with Crippen LogP contribution < -0.4 is 4.68 Å². The van der Waals surface area contributed by atoms with Gasteiger partial charge in [-0.2, -0.15) is 5.10 Å². The van der Waals surface area contributed by atoms with Crippen molar-refractivity contribution in [3.63, 3.8) is 0 Å². The van der Waals surface area contributed by atoms with Crippen LogP contribution in [0.5, 0.6) is 0 Å². The first-order chi connectivity index (χ1) is 7.20. The van der Waals surface area contributed by atoms with Gasteiger partial charge in [-0.3, -0.25) is 0 Å². The summed E-state index contributed by atoms with van der Waals surface area (Å²) < 4.78 is 14.5. The van der Waals surface area contributed by atoms with Gasteiger partial charge in [0.05, 0.1) is 5.69 Å². The minimum atomic E-state index is -0.475. The minimum Gasteiger partial charge on any atom is -0.207 e. The quantitative estimate of drug-likeness (QED) is 0.594. The van der Waals surface area contributed by atoms with Gasteiger partial charge in [0.2, 0.25) is 6.20 Å². The summed E-state index contributed by atoms with van der Waals surface area (Å²) in [6.07, 6.45) is 1.75. The Hall–Kier alpha value is -2.04. The molecule has 0 aliphatic carbocycles. The maximum atomic E-state index is 12.8. The first kappa shape index (κ1) is 9.51. The fourth-order valence-electron chi connectivity index (χ4n) is 1.36. The average molecular weight is 206 g/mol. The molecule has 4 nitrogen and oxygen atoms in total. The Bertz CT molecular complexity index is 507. The van der Waals surface area contributed by atoms with Crippen molar-refractivity contribution in [3.8, 4) is 5.69 Å². The highest BCUT2D eigenvalue weighted by Gasteiger charge is 2.15. The maximum Gasteiger partial charge on any atom is 0.264 e. The van der Waals surface area contributed by atoms with Crippen molar-refractivity contribution in [2.45, 2.75) is 6.92 Å². The molecule has 0 unspecified atom stereocenters. The molecule has 1 heterocycles. The summed E-state index contributed by atoms with van der Waals surface area (Å²) in [5, 5.41) is 5.77. The second kappa shape index (κ2) is 3.61. The van der Waals surface area contributed by atoms with E-state index in [-0.39, 0.29) is 5.69 Å². The number of rotatable bonds is 2. The van der Waals surface area contributed by atoms with Crippen LogP contribution in [0.4, 0.5) is 10.1 Å². The molecule has 0 spiro atoms. The molecule has 0 bridgehead atoms. The van der Waals surface area contributed by atoms with Gasteiger partial charge in [-0.05, 0) is 18.2 Å². The molecule has 0 aliphatic heterocycles. The highest BCUT2D eigenvalue weighted by atomic mass is 19.1. The third-order valence-corrected chi connectivity index (χ3v) is 2.07. The third-order valence-electron chi connectivity index (χ3n) is 2.07. The fraction of sp³-hybridized carbons (Fsp3) is 0.100. The van der Waals surface area contributed by atoms with Gasteiger partial charge in [-0.25, -0.2) is 4.39 Å². The van der Waals surface area contributed by atoms with E-state index in [1.54, 1.807) is 10.9 Å². The Morgan fingerprint density at radius 2 is 2.20 bits per heavy atom. The number of halogens is 1. The number of hydrogen-bond acceptors (Lipinski definition) is 2. The van der Waals surface area contributed by atoms with Crippen LogP contribution in [-0.4, -0.2) is 5.10 Å². The van der Waals surface area contributed by atoms with E-state index in [0.717, 1.165) is 11.8 Å². The summed E-state index contributed by atoms with van der Waals surface area (Å²) in [6.45, 7) is 1.88. The number of nitrogens with one attached hydrogen (secondary N) is 1. The van der Waals surface area contributed by atoms with Gasteiger partial charge < -0.3 is 0 Å². The van der Waals surface area contributed by atoms with E-state index in [4.69, 9.17) is 0 Å². The summed E-state index contributed by atoms with van der Waals surface area (Å²) >= 11 is 0. The number of nitroso groups, excluding NO2 is 1. The zero-order chi connectivity index (χ0) is 10.8. The summed E-state index contributed by atoms with van der Waals surface area (Å²) in [5.41, 5.74) is 1.54. The molecule has 0 atom stereocenters. The first-order valence-corrected chi connectivity index (χ1v) is 4.41. The van der Waals surface area contributed by atoms with Crippen LogP contribution in [0.1, 0.15) is 5.69 Å². The molecule has 1 N–H and O–H groups in total. The smallest absolute Gasteiger partial charge is 0.207 e. The Morgan fingerprint density at radius 1 is 1.40 bits per heavy atom. The van der Waals surface area contributed by atoms with Crippen molar-refractivity contribution in [2.75, 3.05) is 0 Å². The number of nitrogens with zero attached hydrogens (tertiary/aromatic N) is 2. The predicted molar refractivity (Wildman–Crippen MR) is 52.5 cm³/mol. The predicted octanol–water partition coefficient (Wildman–Crippen LogP) is 2.14. The zero-order valence-electron chi connectivity index (χ0n) is 8.07. The molecule has 0 saturated heterocycles. The molecular weight excluding hydrogens is 197 g/mol. The molecule has 0 amide bonds. The van der Waals surface area contributed by atoms with Crippen molar-refractivity contribution in [1.29, 1.82) is 0 Å². The Morgan fingerprint density at radius 3 is 2.80 bits per heavy atom. The molecular formula is C10H9FN3O+. The summed E-state index contributed by atoms with van der Waals surface area (Å²) in [7, 11) is 0. The van der Waals surface area contributed by atoms with Crippen LogP contribution in [-0.2, 0) is 0 Å². The van der Waals surface area contributed by atoms with Crippen LogP contribution in [0.15, 0.2) is 35.6 Å². The van der Waals surface area contributed by atoms with Gasteiger partial charge in [0, 0.05) is 18.2 Å². The molecule has 1 aromatic heterocycles. The van der Waals surface area contributed by atoms with Crippen LogP contribution in [0.3, 0.4) is 0 Å². The average Bonchev–Trinajstić information content (AvgIpc) is 2.64. The van der Waals surface area contributed by atoms with Crippen LogP contribution in [0.2, 0.25) is 0 Å². The molecule has 1 aromatic carbocycles. The molecule has 15 heavy (non-hydrogen) atoms. The van der Waals surface area contributed by atoms with E-state index in [9.17, 15) is 9.30 Å². The van der Waals surface area contributed by atoms with Crippen LogP contribution in [0, 0.1) is 17.6 Å². The van der Waals surface area contributed by atoms with Gasteiger partial charge in [0.1, 0.15) is 5.82 Å². The Labute approximate surface area is 85.3 Å². The lowest BCUT2D eigenvalue weighted by Crippen LogP contribution is -2.31. The fourth-order valence-corrected chi connectivity index (χ4v) is 1.36.